The minimum Gasteiger partial charge on any atom is -0.265 e. The van der Waals surface area contributed by atoms with Crippen molar-refractivity contribution in [2.75, 3.05) is 6.67 Å². The van der Waals surface area contributed by atoms with Crippen molar-refractivity contribution >= 4 is 6.21 Å². The lowest BCUT2D eigenvalue weighted by Gasteiger charge is -2.06. The van der Waals surface area contributed by atoms with Gasteiger partial charge in [0.2, 0.25) is 0 Å². The van der Waals surface area contributed by atoms with Gasteiger partial charge >= 0.3 is 0 Å². The Bertz CT molecular complexity index is 175. The third-order valence-electron chi connectivity index (χ3n) is 0.886. The zero-order chi connectivity index (χ0) is 6.69. The summed E-state index contributed by atoms with van der Waals surface area (Å²) in [4.78, 5) is 13.6. The van der Waals surface area contributed by atoms with Crippen molar-refractivity contribution in [1.29, 1.82) is 0 Å². The van der Waals surface area contributed by atoms with Crippen molar-refractivity contribution in [3.05, 3.63) is 22.4 Å². The summed E-state index contributed by atoms with van der Waals surface area (Å²) < 4.78 is 0. The molecule has 0 aromatic heterocycles. The van der Waals surface area contributed by atoms with Crippen molar-refractivity contribution < 1.29 is 5.03 Å². The minimum absolute atomic E-state index is 0.115. The SMILES string of the molecule is O=[N+]([O-])N1C=CC=NC1. The summed E-state index contributed by atoms with van der Waals surface area (Å²) in [5.74, 6) is 0. The first-order chi connectivity index (χ1) is 4.30. The van der Waals surface area contributed by atoms with E-state index in [0.29, 0.717) is 0 Å². The van der Waals surface area contributed by atoms with Crippen LogP contribution in [0.2, 0.25) is 0 Å². The maximum Gasteiger partial charge on any atom is 0.173 e. The molecule has 5 nitrogen and oxygen atoms in total. The van der Waals surface area contributed by atoms with Crippen LogP contribution in [-0.2, 0) is 0 Å². The van der Waals surface area contributed by atoms with Crippen LogP contribution in [-0.4, -0.2) is 22.9 Å². The third-order valence-corrected chi connectivity index (χ3v) is 0.886. The van der Waals surface area contributed by atoms with E-state index < -0.39 is 5.03 Å². The van der Waals surface area contributed by atoms with Gasteiger partial charge < -0.3 is 0 Å². The van der Waals surface area contributed by atoms with Crippen molar-refractivity contribution in [1.82, 2.24) is 5.01 Å². The number of hydrogen-bond donors (Lipinski definition) is 0. The van der Waals surface area contributed by atoms with Crippen molar-refractivity contribution in [2.45, 2.75) is 0 Å². The molecule has 1 aliphatic heterocycles. The Balaban J connectivity index is 2.56. The second-order valence-electron chi connectivity index (χ2n) is 1.49. The highest BCUT2D eigenvalue weighted by molar-refractivity contribution is 5.71. The molecule has 0 aromatic carbocycles. The number of nitrogens with zero attached hydrogens (tertiary/aromatic N) is 3. The summed E-state index contributed by atoms with van der Waals surface area (Å²) in [6, 6.07) is 0. The first kappa shape index (κ1) is 5.74. The highest BCUT2D eigenvalue weighted by atomic mass is 16.7. The Morgan fingerprint density at radius 3 is 2.89 bits per heavy atom. The Kier molecular flexibility index (Phi) is 1.44. The molecule has 1 aliphatic rings. The second-order valence-corrected chi connectivity index (χ2v) is 1.49. The number of allylic oxidation sites excluding steroid dienone is 1. The number of nitro groups is 1. The van der Waals surface area contributed by atoms with Gasteiger partial charge in [-0.25, -0.2) is 10.1 Å². The van der Waals surface area contributed by atoms with E-state index in [1.807, 2.05) is 0 Å². The molecule has 0 atom stereocenters. The molecule has 1 heterocycles. The van der Waals surface area contributed by atoms with E-state index in [1.54, 1.807) is 0 Å². The molecule has 1 rings (SSSR count). The van der Waals surface area contributed by atoms with Crippen LogP contribution >= 0.6 is 0 Å². The van der Waals surface area contributed by atoms with Gasteiger partial charge in [-0.1, -0.05) is 5.01 Å². The maximum atomic E-state index is 9.96. The molecule has 5 heteroatoms. The van der Waals surface area contributed by atoms with Gasteiger partial charge in [0.1, 0.15) is 0 Å². The van der Waals surface area contributed by atoms with Crippen LogP contribution in [0.3, 0.4) is 0 Å². The number of rotatable bonds is 1. The molecule has 0 saturated carbocycles. The van der Waals surface area contributed by atoms with Gasteiger partial charge in [0.05, 0.1) is 6.20 Å². The Morgan fingerprint density at radius 1 is 1.78 bits per heavy atom. The van der Waals surface area contributed by atoms with Crippen molar-refractivity contribution in [2.24, 2.45) is 4.99 Å². The van der Waals surface area contributed by atoms with E-state index in [4.69, 9.17) is 0 Å². The lowest BCUT2D eigenvalue weighted by atomic mass is 10.6. The molecule has 48 valence electrons. The quantitative estimate of drug-likeness (QED) is 0.369. The molecule has 0 amide bonds. The molecule has 0 spiro atoms. The molecule has 0 N–H and O–H groups in total. The highest BCUT2D eigenvalue weighted by Gasteiger charge is 2.08. The molecule has 0 fully saturated rings. The lowest BCUT2D eigenvalue weighted by molar-refractivity contribution is -0.639. The van der Waals surface area contributed by atoms with Gasteiger partial charge in [0.15, 0.2) is 11.7 Å². The van der Waals surface area contributed by atoms with Crippen molar-refractivity contribution in [3.8, 4) is 0 Å². The largest absolute Gasteiger partial charge is 0.265 e. The molecular weight excluding hydrogens is 122 g/mol. The van der Waals surface area contributed by atoms with Crippen LogP contribution in [0.5, 0.6) is 0 Å². The predicted molar refractivity (Wildman–Crippen MR) is 31.3 cm³/mol. The maximum absolute atomic E-state index is 9.96. The first-order valence-electron chi connectivity index (χ1n) is 2.38. The predicted octanol–water partition coefficient (Wildman–Crippen LogP) is 0.0357. The lowest BCUT2D eigenvalue weighted by Crippen LogP contribution is -2.25. The van der Waals surface area contributed by atoms with E-state index in [2.05, 4.69) is 4.99 Å². The van der Waals surface area contributed by atoms with Crippen LogP contribution in [0.15, 0.2) is 17.3 Å². The minimum atomic E-state index is -0.507. The Hall–Kier alpha value is -1.39. The smallest absolute Gasteiger partial charge is 0.173 e. The summed E-state index contributed by atoms with van der Waals surface area (Å²) in [6.45, 7) is 0.115. The van der Waals surface area contributed by atoms with Gasteiger partial charge in [-0.2, -0.15) is 0 Å². The monoisotopic (exact) mass is 127 g/mol. The molecule has 0 bridgehead atoms. The summed E-state index contributed by atoms with van der Waals surface area (Å²) >= 11 is 0. The average Bonchev–Trinajstić information content (AvgIpc) is 1.90. The third kappa shape index (κ3) is 1.25. The zero-order valence-corrected chi connectivity index (χ0v) is 4.60. The van der Waals surface area contributed by atoms with Crippen LogP contribution in [0.4, 0.5) is 0 Å². The fourth-order valence-electron chi connectivity index (χ4n) is 0.483. The standard InChI is InChI=1S/C4H5N3O2/c8-7(9)6-3-1-2-5-4-6/h1-3H,4H2. The van der Waals surface area contributed by atoms with E-state index >= 15 is 0 Å². The summed E-state index contributed by atoms with van der Waals surface area (Å²) in [7, 11) is 0. The van der Waals surface area contributed by atoms with Crippen molar-refractivity contribution in [3.63, 3.8) is 0 Å². The van der Waals surface area contributed by atoms with Crippen LogP contribution in [0, 0.1) is 10.1 Å². The van der Waals surface area contributed by atoms with Crippen LogP contribution < -0.4 is 0 Å². The molecule has 0 unspecified atom stereocenters. The number of hydrazine groups is 1. The Morgan fingerprint density at radius 2 is 2.56 bits per heavy atom. The first-order valence-corrected chi connectivity index (χ1v) is 2.38. The van der Waals surface area contributed by atoms with Gasteiger partial charge in [-0.15, -0.1) is 0 Å². The molecule has 0 radical (unpaired) electrons. The molecule has 9 heavy (non-hydrogen) atoms. The van der Waals surface area contributed by atoms with Crippen LogP contribution in [0.25, 0.3) is 0 Å². The number of hydrogen-bond acceptors (Lipinski definition) is 3. The van der Waals surface area contributed by atoms with Gasteiger partial charge in [0, 0.05) is 6.21 Å². The molecular formula is C4H5N3O2. The normalized spacial score (nSPS) is 16.2. The van der Waals surface area contributed by atoms with Crippen LogP contribution in [0.1, 0.15) is 0 Å². The average molecular weight is 127 g/mol. The zero-order valence-electron chi connectivity index (χ0n) is 4.60. The van der Waals surface area contributed by atoms with E-state index in [1.165, 1.54) is 18.5 Å². The van der Waals surface area contributed by atoms with E-state index in [9.17, 15) is 10.1 Å². The molecule has 0 aliphatic carbocycles. The number of aliphatic imine (C=N–C) groups is 1. The second kappa shape index (κ2) is 2.25. The fraction of sp³-hybridized carbons (Fsp3) is 0.250. The van der Waals surface area contributed by atoms with Gasteiger partial charge in [0.25, 0.3) is 0 Å². The summed E-state index contributed by atoms with van der Waals surface area (Å²) in [5, 5.41) is 10.4. The van der Waals surface area contributed by atoms with E-state index in [0.717, 1.165) is 5.01 Å². The van der Waals surface area contributed by atoms with Gasteiger partial charge in [-0.05, 0) is 6.08 Å². The molecule has 0 saturated heterocycles. The summed E-state index contributed by atoms with van der Waals surface area (Å²) in [6.07, 6.45) is 4.42. The summed E-state index contributed by atoms with van der Waals surface area (Å²) in [5.41, 5.74) is 0. The Labute approximate surface area is 51.4 Å². The fourth-order valence-corrected chi connectivity index (χ4v) is 0.483. The molecule has 0 aromatic rings. The highest BCUT2D eigenvalue weighted by Crippen LogP contribution is 1.93. The van der Waals surface area contributed by atoms with Gasteiger partial charge in [-0.3, -0.25) is 4.99 Å². The topological polar surface area (TPSA) is 58.7 Å². The van der Waals surface area contributed by atoms with E-state index in [-0.39, 0.29) is 6.67 Å².